The number of carbonyl (C=O) groups excluding carboxylic acids is 1. The maximum atomic E-state index is 12.7. The van der Waals surface area contributed by atoms with Crippen LogP contribution in [0.5, 0.6) is 5.75 Å². The molecule has 1 aromatic heterocycles. The number of aromatic nitrogens is 2. The van der Waals surface area contributed by atoms with Gasteiger partial charge in [0, 0.05) is 17.6 Å². The molecule has 180 valence electrons. The first-order valence-electron chi connectivity index (χ1n) is 12.1. The second-order valence-corrected chi connectivity index (χ2v) is 9.69. The Bertz CT molecular complexity index is 1280. The first kappa shape index (κ1) is 23.6. The van der Waals surface area contributed by atoms with Crippen LogP contribution in [-0.2, 0) is 24.4 Å². The standard InChI is InChI=1S/C28H29BrN4O2/c29-28-25-13-10-23(19-26(25)33(31-28)17-16-32-14-4-5-15-32)30-27(34)18-21-8-11-24(12-9-21)35-20-22-6-2-1-3-7-22/h1-3,6-13,19H,4-5,14-18,20H2,(H,30,34). The lowest BCUT2D eigenvalue weighted by molar-refractivity contribution is -0.115. The Morgan fingerprint density at radius 1 is 0.943 bits per heavy atom. The number of benzene rings is 3. The van der Waals surface area contributed by atoms with Gasteiger partial charge in [-0.2, -0.15) is 5.10 Å². The van der Waals surface area contributed by atoms with Crippen molar-refractivity contribution in [2.45, 2.75) is 32.4 Å². The third kappa shape index (κ3) is 6.10. The summed E-state index contributed by atoms with van der Waals surface area (Å²) >= 11 is 3.58. The van der Waals surface area contributed by atoms with Crippen molar-refractivity contribution < 1.29 is 9.53 Å². The van der Waals surface area contributed by atoms with Gasteiger partial charge < -0.3 is 15.0 Å². The predicted molar refractivity (Wildman–Crippen MR) is 143 cm³/mol. The zero-order valence-corrected chi connectivity index (χ0v) is 21.2. The Morgan fingerprint density at radius 2 is 1.71 bits per heavy atom. The number of nitrogens with one attached hydrogen (secondary N) is 1. The molecule has 0 unspecified atom stereocenters. The molecule has 2 heterocycles. The molecule has 7 heteroatoms. The maximum Gasteiger partial charge on any atom is 0.228 e. The van der Waals surface area contributed by atoms with Gasteiger partial charge in [-0.3, -0.25) is 9.48 Å². The Morgan fingerprint density at radius 3 is 2.49 bits per heavy atom. The number of anilines is 1. The van der Waals surface area contributed by atoms with E-state index >= 15 is 0 Å². The number of amides is 1. The number of hydrogen-bond donors (Lipinski definition) is 1. The summed E-state index contributed by atoms with van der Waals surface area (Å²) < 4.78 is 8.70. The number of likely N-dealkylation sites (tertiary alicyclic amines) is 1. The van der Waals surface area contributed by atoms with Crippen LogP contribution >= 0.6 is 15.9 Å². The van der Waals surface area contributed by atoms with Crippen molar-refractivity contribution in [2.75, 3.05) is 25.0 Å². The largest absolute Gasteiger partial charge is 0.489 e. The smallest absolute Gasteiger partial charge is 0.228 e. The third-order valence-electron chi connectivity index (χ3n) is 6.35. The number of carbonyl (C=O) groups is 1. The second-order valence-electron chi connectivity index (χ2n) is 8.94. The molecular formula is C28H29BrN4O2. The van der Waals surface area contributed by atoms with Crippen LogP contribution in [0.1, 0.15) is 24.0 Å². The highest BCUT2D eigenvalue weighted by atomic mass is 79.9. The number of halogens is 1. The summed E-state index contributed by atoms with van der Waals surface area (Å²) in [4.78, 5) is 15.2. The third-order valence-corrected chi connectivity index (χ3v) is 6.94. The average molecular weight is 533 g/mol. The zero-order chi connectivity index (χ0) is 24.0. The fourth-order valence-corrected chi connectivity index (χ4v) is 4.99. The molecule has 0 radical (unpaired) electrons. The van der Waals surface area contributed by atoms with E-state index in [2.05, 4.69) is 31.2 Å². The minimum absolute atomic E-state index is 0.0514. The molecule has 6 nitrogen and oxygen atoms in total. The van der Waals surface area contributed by atoms with Gasteiger partial charge in [-0.25, -0.2) is 0 Å². The fourth-order valence-electron chi connectivity index (χ4n) is 4.46. The summed E-state index contributed by atoms with van der Waals surface area (Å²) in [6.45, 7) is 4.68. The van der Waals surface area contributed by atoms with E-state index in [0.717, 1.165) is 51.2 Å². The van der Waals surface area contributed by atoms with E-state index in [9.17, 15) is 4.79 Å². The highest BCUT2D eigenvalue weighted by Gasteiger charge is 2.14. The van der Waals surface area contributed by atoms with Crippen LogP contribution in [0.15, 0.2) is 77.4 Å². The number of ether oxygens (including phenoxy) is 1. The lowest BCUT2D eigenvalue weighted by Crippen LogP contribution is -2.24. The summed E-state index contributed by atoms with van der Waals surface area (Å²) in [5.41, 5.74) is 3.86. The molecule has 0 aliphatic carbocycles. The van der Waals surface area contributed by atoms with E-state index in [1.54, 1.807) is 0 Å². The molecule has 0 atom stereocenters. The SMILES string of the molecule is O=C(Cc1ccc(OCc2ccccc2)cc1)Nc1ccc2c(Br)nn(CCN3CCCC3)c2c1. The molecule has 1 saturated heterocycles. The summed E-state index contributed by atoms with van der Waals surface area (Å²) in [5.74, 6) is 0.737. The first-order valence-corrected chi connectivity index (χ1v) is 12.9. The van der Waals surface area contributed by atoms with Crippen molar-refractivity contribution in [3.8, 4) is 5.75 Å². The number of rotatable bonds is 9. The van der Waals surface area contributed by atoms with E-state index < -0.39 is 0 Å². The normalized spacial score (nSPS) is 13.9. The van der Waals surface area contributed by atoms with Crippen LogP contribution in [0.4, 0.5) is 5.69 Å². The zero-order valence-electron chi connectivity index (χ0n) is 19.6. The number of fused-ring (bicyclic) bond motifs is 1. The molecule has 0 bridgehead atoms. The Labute approximate surface area is 214 Å². The lowest BCUT2D eigenvalue weighted by Gasteiger charge is -2.14. The molecule has 1 aliphatic rings. The van der Waals surface area contributed by atoms with Crippen LogP contribution in [0.25, 0.3) is 10.9 Å². The Kier molecular flexibility index (Phi) is 7.45. The predicted octanol–water partition coefficient (Wildman–Crippen LogP) is 5.65. The highest BCUT2D eigenvalue weighted by Crippen LogP contribution is 2.26. The van der Waals surface area contributed by atoms with E-state index in [-0.39, 0.29) is 5.91 Å². The Balaban J connectivity index is 1.18. The minimum Gasteiger partial charge on any atom is -0.489 e. The van der Waals surface area contributed by atoms with Crippen molar-refractivity contribution in [1.29, 1.82) is 0 Å². The molecule has 1 N–H and O–H groups in total. The summed E-state index contributed by atoms with van der Waals surface area (Å²) in [6, 6.07) is 23.7. The molecule has 1 aliphatic heterocycles. The topological polar surface area (TPSA) is 59.4 Å². The second kappa shape index (κ2) is 11.1. The molecule has 5 rings (SSSR count). The summed E-state index contributed by atoms with van der Waals surface area (Å²) in [7, 11) is 0. The summed E-state index contributed by atoms with van der Waals surface area (Å²) in [5, 5.41) is 8.76. The van der Waals surface area contributed by atoms with Crippen molar-refractivity contribution >= 4 is 38.4 Å². The molecule has 35 heavy (non-hydrogen) atoms. The molecule has 3 aromatic carbocycles. The van der Waals surface area contributed by atoms with Gasteiger partial charge in [0.05, 0.1) is 18.5 Å². The van der Waals surface area contributed by atoms with Crippen molar-refractivity contribution in [3.63, 3.8) is 0 Å². The average Bonchev–Trinajstić information content (AvgIpc) is 3.50. The van der Waals surface area contributed by atoms with Gasteiger partial charge in [-0.05, 0) is 83.3 Å². The van der Waals surface area contributed by atoms with Gasteiger partial charge in [0.15, 0.2) is 0 Å². The maximum absolute atomic E-state index is 12.7. The van der Waals surface area contributed by atoms with Gasteiger partial charge in [0.25, 0.3) is 0 Å². The van der Waals surface area contributed by atoms with Crippen molar-refractivity contribution in [3.05, 3.63) is 88.5 Å². The quantitative estimate of drug-likeness (QED) is 0.302. The first-order chi connectivity index (χ1) is 17.1. The lowest BCUT2D eigenvalue weighted by atomic mass is 10.1. The van der Waals surface area contributed by atoms with Crippen LogP contribution in [0.3, 0.4) is 0 Å². The van der Waals surface area contributed by atoms with Gasteiger partial charge in [0.2, 0.25) is 5.91 Å². The minimum atomic E-state index is -0.0514. The monoisotopic (exact) mass is 532 g/mol. The van der Waals surface area contributed by atoms with Gasteiger partial charge >= 0.3 is 0 Å². The number of hydrogen-bond acceptors (Lipinski definition) is 4. The van der Waals surface area contributed by atoms with Crippen LogP contribution in [0, 0.1) is 0 Å². The van der Waals surface area contributed by atoms with Crippen LogP contribution < -0.4 is 10.1 Å². The van der Waals surface area contributed by atoms with Gasteiger partial charge in [-0.15, -0.1) is 0 Å². The van der Waals surface area contributed by atoms with E-state index in [4.69, 9.17) is 4.74 Å². The van der Waals surface area contributed by atoms with E-state index in [1.807, 2.05) is 77.5 Å². The summed E-state index contributed by atoms with van der Waals surface area (Å²) in [6.07, 6.45) is 2.86. The van der Waals surface area contributed by atoms with Gasteiger partial charge in [-0.1, -0.05) is 42.5 Å². The molecule has 1 amide bonds. The molecular weight excluding hydrogens is 504 g/mol. The van der Waals surface area contributed by atoms with Crippen LogP contribution in [-0.4, -0.2) is 40.2 Å². The van der Waals surface area contributed by atoms with E-state index in [1.165, 1.54) is 25.9 Å². The van der Waals surface area contributed by atoms with Crippen molar-refractivity contribution in [2.24, 2.45) is 0 Å². The fraction of sp³-hybridized carbons (Fsp3) is 0.286. The molecule has 4 aromatic rings. The van der Waals surface area contributed by atoms with Crippen LogP contribution in [0.2, 0.25) is 0 Å². The van der Waals surface area contributed by atoms with E-state index in [0.29, 0.717) is 13.0 Å². The van der Waals surface area contributed by atoms with Crippen molar-refractivity contribution in [1.82, 2.24) is 14.7 Å². The number of nitrogens with zero attached hydrogens (tertiary/aromatic N) is 3. The molecule has 1 fully saturated rings. The Hall–Kier alpha value is -3.16. The molecule has 0 saturated carbocycles. The highest BCUT2D eigenvalue weighted by molar-refractivity contribution is 9.10. The molecule has 0 spiro atoms. The van der Waals surface area contributed by atoms with Gasteiger partial charge in [0.1, 0.15) is 17.0 Å².